The smallest absolute Gasteiger partial charge is 0.0123 e. The van der Waals surface area contributed by atoms with Gasteiger partial charge in [0.1, 0.15) is 0 Å². The minimum absolute atomic E-state index is 0.736. The van der Waals surface area contributed by atoms with E-state index < -0.39 is 0 Å². The molecule has 11 nitrogen and oxygen atoms in total. The first kappa shape index (κ1) is 103. The van der Waals surface area contributed by atoms with Gasteiger partial charge in [-0.1, -0.05) is 144 Å². The lowest BCUT2D eigenvalue weighted by atomic mass is 9.65. The normalized spacial score (nSPS) is 34.4. The van der Waals surface area contributed by atoms with Gasteiger partial charge in [-0.25, -0.2) is 0 Å². The molecule has 17 aliphatic rings. The second-order valence-electron chi connectivity index (χ2n) is 45.7. The maximum absolute atomic E-state index is 3.57. The molecule has 17 fully saturated rings. The molecule has 0 aromatic heterocycles. The highest BCUT2D eigenvalue weighted by Gasteiger charge is 2.43. The van der Waals surface area contributed by atoms with Gasteiger partial charge in [0.15, 0.2) is 0 Å². The van der Waals surface area contributed by atoms with Gasteiger partial charge in [0, 0.05) is 81.1 Å². The zero-order chi connectivity index (χ0) is 84.6. The van der Waals surface area contributed by atoms with Gasteiger partial charge in [-0.05, 0) is 447 Å². The number of fused-ring (bicyclic) bond motifs is 11. The number of nitrogens with zero attached hydrogens (tertiary/aromatic N) is 10. The standard InChI is InChI=1S/C13H25N.C12H23N.2C11H21N.C11H23N.C10H19N.C10H21N.C9H20N2.C9H19N.C8H17N/c1-10(2)12-9-8-11-6-4-5-7-13(11)14(12)3;1-9(2)11-8-7-10-5-4-6-12(10)13(11)3;1-8(2)9-6-10-4-5-11(7-9)12(10)3;1-9(2)12-7-10-3-4-11(8-12)6-5-10;1-10(2)11-6-4-8-12(3)9-5-7-11;1-9(2)10-3-6-11(7-4-10)8-5-10;1-9(2)10-5-4-7-11(3)8-6-10;1-8(2)9-4-6-11(3)7-5-10-9;1-8(2)9-4-6-10(3)7-5-9;1-7(2)8-4-5-9(3)6-8/h10-13H,4-9H2,1-3H3;9-12H,4-8H2,1-3H3;8-11H,4-7H2,1-3H3;9-11H,3-8H2,1-2H3;10-11H,4-9H2,1-3H3;9H,3-8H2,1-2H3;9-10H,4-8H2,1-3H3;8-10H,4-7H2,1-3H3;8-9H,4-7H2,1-3H3;7-8H,4-6H2,1-3H3. The Kier molecular flexibility index (Phi) is 48.3. The van der Waals surface area contributed by atoms with Crippen LogP contribution in [-0.4, -0.2) is 258 Å². The Morgan fingerprint density at radius 3 is 1.04 bits per heavy atom. The molecule has 0 amide bonds. The van der Waals surface area contributed by atoms with Crippen LogP contribution in [0.2, 0.25) is 0 Å². The van der Waals surface area contributed by atoms with Crippen LogP contribution in [0.15, 0.2) is 0 Å². The van der Waals surface area contributed by atoms with Crippen molar-refractivity contribution in [3.63, 3.8) is 0 Å². The largest absolute Gasteiger partial charge is 0.312 e. The number of likely N-dealkylation sites (N-methyl/N-ethyl adjacent to an activating group) is 1. The molecule has 115 heavy (non-hydrogen) atoms. The van der Waals surface area contributed by atoms with Crippen molar-refractivity contribution in [3.8, 4) is 0 Å². The van der Waals surface area contributed by atoms with Gasteiger partial charge in [-0.15, -0.1) is 0 Å². The van der Waals surface area contributed by atoms with Gasteiger partial charge in [0.25, 0.3) is 0 Å². The number of likely N-dealkylation sites (tertiary alicyclic amines) is 6. The predicted molar refractivity (Wildman–Crippen MR) is 508 cm³/mol. The van der Waals surface area contributed by atoms with E-state index in [0.717, 1.165) is 167 Å². The molecule has 11 heteroatoms. The Labute approximate surface area is 721 Å². The molecule has 11 unspecified atom stereocenters. The summed E-state index contributed by atoms with van der Waals surface area (Å²) in [5.41, 5.74) is 0.745. The third-order valence-corrected chi connectivity index (χ3v) is 34.3. The summed E-state index contributed by atoms with van der Waals surface area (Å²) in [5.74, 6) is 16.9. The Balaban J connectivity index is 0.000000199. The van der Waals surface area contributed by atoms with Crippen molar-refractivity contribution in [2.45, 2.75) is 399 Å². The minimum atomic E-state index is 0.736. The van der Waals surface area contributed by atoms with Crippen LogP contribution in [0.4, 0.5) is 0 Å². The molecule has 680 valence electrons. The quantitative estimate of drug-likeness (QED) is 0.228. The number of nitrogens with one attached hydrogen (secondary N) is 1. The van der Waals surface area contributed by atoms with E-state index in [1.807, 2.05) is 0 Å². The molecule has 1 N–H and O–H groups in total. The second-order valence-corrected chi connectivity index (χ2v) is 45.7. The topological polar surface area (TPSA) is 44.4 Å². The molecular weight excluding hydrogens is 1400 g/mol. The molecule has 11 atom stereocenters. The van der Waals surface area contributed by atoms with Crippen LogP contribution in [-0.2, 0) is 0 Å². The third kappa shape index (κ3) is 35.8. The SMILES string of the molecule is CC(C)C12CCN(CC1)CC2.CC(C)C1CC2CCC(C1)N2C.CC(C)C1CCC2CCCC2N1C.CC(C)C1CCC2CCCCC2N1C.CC(C)C1CCCN(C)CC1.CC(C)C1CCCN(C)CCC1.CC(C)C1CCN(C)C1.CC(C)C1CCN(C)CC1.CC(C)C1CCN(C)CCN1.CC(C)N1CC2CCC(CC2)C1. The summed E-state index contributed by atoms with van der Waals surface area (Å²) in [5, 5.41) is 3.57. The van der Waals surface area contributed by atoms with Crippen LogP contribution in [0.1, 0.15) is 350 Å². The highest BCUT2D eigenvalue weighted by atomic mass is 15.2. The molecular formula is C104H209N11. The summed E-state index contributed by atoms with van der Waals surface area (Å²) in [6.45, 7) is 68.1. The van der Waals surface area contributed by atoms with E-state index in [1.54, 1.807) is 0 Å². The van der Waals surface area contributed by atoms with E-state index >= 15 is 0 Å². The monoisotopic (exact) mass is 1610 g/mol. The van der Waals surface area contributed by atoms with Gasteiger partial charge in [0.2, 0.25) is 0 Å². The molecule has 14 heterocycles. The van der Waals surface area contributed by atoms with Crippen LogP contribution in [0.25, 0.3) is 0 Å². The van der Waals surface area contributed by atoms with Crippen LogP contribution >= 0.6 is 0 Å². The minimum Gasteiger partial charge on any atom is -0.312 e. The van der Waals surface area contributed by atoms with E-state index in [2.05, 4.69) is 249 Å². The van der Waals surface area contributed by atoms with E-state index in [1.165, 1.54) is 310 Å². The summed E-state index contributed by atoms with van der Waals surface area (Å²) in [6, 6.07) is 6.93. The Morgan fingerprint density at radius 1 is 0.278 bits per heavy atom. The third-order valence-electron chi connectivity index (χ3n) is 34.3. The lowest BCUT2D eigenvalue weighted by Crippen LogP contribution is -2.51. The van der Waals surface area contributed by atoms with Crippen LogP contribution in [0, 0.1) is 112 Å². The van der Waals surface area contributed by atoms with Crippen LogP contribution < -0.4 is 5.32 Å². The molecule has 0 spiro atoms. The fourth-order valence-electron chi connectivity index (χ4n) is 24.6. The van der Waals surface area contributed by atoms with E-state index in [0.29, 0.717) is 0 Å². The first-order chi connectivity index (χ1) is 54.6. The lowest BCUT2D eigenvalue weighted by Gasteiger charge is -2.51. The molecule has 14 aliphatic heterocycles. The fraction of sp³-hybridized carbons (Fsp3) is 1.00. The maximum atomic E-state index is 3.57. The molecule has 17 rings (SSSR count). The number of piperidine rings is 7. The Morgan fingerprint density at radius 2 is 0.652 bits per heavy atom. The van der Waals surface area contributed by atoms with Crippen molar-refractivity contribution in [1.82, 2.24) is 54.3 Å². The van der Waals surface area contributed by atoms with Crippen molar-refractivity contribution in [3.05, 3.63) is 0 Å². The Hall–Kier alpha value is -0.440. The van der Waals surface area contributed by atoms with Gasteiger partial charge < -0.3 is 44.5 Å². The van der Waals surface area contributed by atoms with Gasteiger partial charge >= 0.3 is 0 Å². The summed E-state index contributed by atoms with van der Waals surface area (Å²) >= 11 is 0. The summed E-state index contributed by atoms with van der Waals surface area (Å²) in [7, 11) is 18.2. The van der Waals surface area contributed by atoms with Crippen molar-refractivity contribution >= 4 is 0 Å². The van der Waals surface area contributed by atoms with E-state index in [-0.39, 0.29) is 0 Å². The van der Waals surface area contributed by atoms with E-state index in [9.17, 15) is 0 Å². The molecule has 3 aliphatic carbocycles. The molecule has 0 radical (unpaired) electrons. The zero-order valence-corrected chi connectivity index (χ0v) is 83.1. The predicted octanol–water partition coefficient (Wildman–Crippen LogP) is 23.0. The van der Waals surface area contributed by atoms with E-state index in [4.69, 9.17) is 0 Å². The summed E-state index contributed by atoms with van der Waals surface area (Å²) in [6.07, 6.45) is 48.0. The fourth-order valence-corrected chi connectivity index (χ4v) is 24.6. The van der Waals surface area contributed by atoms with Crippen molar-refractivity contribution in [2.75, 3.05) is 161 Å². The van der Waals surface area contributed by atoms with Crippen molar-refractivity contribution in [1.29, 1.82) is 0 Å². The summed E-state index contributed by atoms with van der Waals surface area (Å²) in [4.78, 5) is 25.5. The molecule has 14 saturated heterocycles. The van der Waals surface area contributed by atoms with Gasteiger partial charge in [-0.3, -0.25) is 9.80 Å². The Bertz CT molecular complexity index is 2340. The number of rotatable bonds is 10. The maximum Gasteiger partial charge on any atom is 0.0123 e. The molecule has 0 aromatic carbocycles. The highest BCUT2D eigenvalue weighted by molar-refractivity contribution is 4.97. The second kappa shape index (κ2) is 53.8. The van der Waals surface area contributed by atoms with Crippen molar-refractivity contribution in [2.24, 2.45) is 112 Å². The van der Waals surface area contributed by atoms with Gasteiger partial charge in [0.05, 0.1) is 0 Å². The van der Waals surface area contributed by atoms with Crippen LogP contribution in [0.5, 0.6) is 0 Å². The highest BCUT2D eigenvalue weighted by Crippen LogP contribution is 2.47. The summed E-state index contributed by atoms with van der Waals surface area (Å²) < 4.78 is 0. The first-order valence-corrected chi connectivity index (χ1v) is 51.3. The number of hydrogen-bond donors (Lipinski definition) is 1. The molecule has 0 aromatic rings. The number of hydrogen-bond acceptors (Lipinski definition) is 11. The first-order valence-electron chi connectivity index (χ1n) is 51.3. The molecule has 6 bridgehead atoms. The average Bonchev–Trinajstić information content (AvgIpc) is 1.03. The average molecular weight is 1610 g/mol. The zero-order valence-electron chi connectivity index (χ0n) is 83.1. The van der Waals surface area contributed by atoms with Crippen LogP contribution in [0.3, 0.4) is 0 Å². The van der Waals surface area contributed by atoms with Gasteiger partial charge in [-0.2, -0.15) is 0 Å². The lowest BCUT2D eigenvalue weighted by molar-refractivity contribution is -0.00801. The van der Waals surface area contributed by atoms with Crippen molar-refractivity contribution < 1.29 is 0 Å². The molecule has 3 saturated carbocycles.